The topological polar surface area (TPSA) is 0 Å². The second-order valence-electron chi connectivity index (χ2n) is 2.87. The Morgan fingerprint density at radius 3 is 2.64 bits per heavy atom. The molecule has 1 aromatic rings. The summed E-state index contributed by atoms with van der Waals surface area (Å²) in [7, 11) is 0. The van der Waals surface area contributed by atoms with Crippen LogP contribution in [-0.4, -0.2) is 0 Å². The van der Waals surface area contributed by atoms with Gasteiger partial charge in [0.1, 0.15) is 0 Å². The Labute approximate surface area is 69.3 Å². The monoisotopic (exact) mass is 147 g/mol. The molecule has 0 N–H and O–H groups in total. The summed E-state index contributed by atoms with van der Waals surface area (Å²) < 4.78 is 0. The maximum atomic E-state index is 3.97. The van der Waals surface area contributed by atoms with Gasteiger partial charge in [-0.3, -0.25) is 0 Å². The van der Waals surface area contributed by atoms with Gasteiger partial charge in [0.15, 0.2) is 0 Å². The fourth-order valence-corrected chi connectivity index (χ4v) is 1.17. The first-order chi connectivity index (χ1) is 5.34. The van der Waals surface area contributed by atoms with E-state index in [-0.39, 0.29) is 0 Å². The van der Waals surface area contributed by atoms with Crippen LogP contribution in [0.25, 0.3) is 0 Å². The SMILES string of the molecule is [CH2]c1ccccc1CCCC. The first kappa shape index (κ1) is 8.32. The number of hydrogen-bond donors (Lipinski definition) is 0. The van der Waals surface area contributed by atoms with Crippen LogP contribution in [0.1, 0.15) is 30.9 Å². The Kier molecular flexibility index (Phi) is 3.15. The van der Waals surface area contributed by atoms with Crippen LogP contribution >= 0.6 is 0 Å². The zero-order valence-electron chi connectivity index (χ0n) is 7.14. The summed E-state index contributed by atoms with van der Waals surface area (Å²) in [5, 5.41) is 0. The van der Waals surface area contributed by atoms with Crippen LogP contribution in [0.15, 0.2) is 24.3 Å². The molecule has 0 saturated heterocycles. The molecule has 0 fully saturated rings. The van der Waals surface area contributed by atoms with Gasteiger partial charge in [-0.2, -0.15) is 0 Å². The molecule has 1 radical (unpaired) electrons. The van der Waals surface area contributed by atoms with Gasteiger partial charge in [0.2, 0.25) is 0 Å². The molecule has 0 saturated carbocycles. The summed E-state index contributed by atoms with van der Waals surface area (Å²) >= 11 is 0. The van der Waals surface area contributed by atoms with Crippen LogP contribution in [0.2, 0.25) is 0 Å². The quantitative estimate of drug-likeness (QED) is 0.616. The van der Waals surface area contributed by atoms with Crippen molar-refractivity contribution in [3.63, 3.8) is 0 Å². The Morgan fingerprint density at radius 2 is 2.00 bits per heavy atom. The van der Waals surface area contributed by atoms with E-state index in [2.05, 4.69) is 32.0 Å². The molecule has 0 atom stereocenters. The van der Waals surface area contributed by atoms with Crippen molar-refractivity contribution in [3.8, 4) is 0 Å². The standard InChI is InChI=1S/C11H15/c1-3-4-8-11-9-6-5-7-10(11)2/h5-7,9H,2-4,8H2,1H3. The molecule has 0 unspecified atom stereocenters. The highest BCUT2D eigenvalue weighted by molar-refractivity contribution is 5.29. The van der Waals surface area contributed by atoms with Crippen LogP contribution in [0.5, 0.6) is 0 Å². The molecular formula is C11H15. The molecule has 1 rings (SSSR count). The molecule has 0 nitrogen and oxygen atoms in total. The van der Waals surface area contributed by atoms with E-state index < -0.39 is 0 Å². The van der Waals surface area contributed by atoms with Crippen molar-refractivity contribution >= 4 is 0 Å². The van der Waals surface area contributed by atoms with Crippen LogP contribution < -0.4 is 0 Å². The minimum Gasteiger partial charge on any atom is -0.0654 e. The van der Waals surface area contributed by atoms with Crippen LogP contribution in [0.3, 0.4) is 0 Å². The van der Waals surface area contributed by atoms with Crippen molar-refractivity contribution in [3.05, 3.63) is 42.3 Å². The van der Waals surface area contributed by atoms with Gasteiger partial charge >= 0.3 is 0 Å². The highest BCUT2D eigenvalue weighted by Crippen LogP contribution is 2.09. The van der Waals surface area contributed by atoms with E-state index >= 15 is 0 Å². The minimum atomic E-state index is 1.18. The molecule has 11 heavy (non-hydrogen) atoms. The first-order valence-corrected chi connectivity index (χ1v) is 4.24. The molecule has 1 aromatic carbocycles. The largest absolute Gasteiger partial charge is 0.0654 e. The highest BCUT2D eigenvalue weighted by Gasteiger charge is 1.94. The van der Waals surface area contributed by atoms with Crippen molar-refractivity contribution in [2.45, 2.75) is 26.2 Å². The molecule has 0 spiro atoms. The van der Waals surface area contributed by atoms with Gasteiger partial charge in [0.25, 0.3) is 0 Å². The van der Waals surface area contributed by atoms with Gasteiger partial charge in [-0.15, -0.1) is 0 Å². The molecule has 0 amide bonds. The van der Waals surface area contributed by atoms with E-state index in [1.54, 1.807) is 0 Å². The van der Waals surface area contributed by atoms with Crippen molar-refractivity contribution in [1.82, 2.24) is 0 Å². The van der Waals surface area contributed by atoms with Gasteiger partial charge in [-0.1, -0.05) is 37.6 Å². The lowest BCUT2D eigenvalue weighted by Gasteiger charge is -2.02. The van der Waals surface area contributed by atoms with E-state index in [1.165, 1.54) is 30.4 Å². The summed E-state index contributed by atoms with van der Waals surface area (Å²) in [6, 6.07) is 8.36. The Balaban J connectivity index is 2.62. The van der Waals surface area contributed by atoms with E-state index in [0.717, 1.165) is 0 Å². The third-order valence-electron chi connectivity index (χ3n) is 1.92. The fraction of sp³-hybridized carbons (Fsp3) is 0.364. The van der Waals surface area contributed by atoms with Gasteiger partial charge in [0.05, 0.1) is 0 Å². The second kappa shape index (κ2) is 4.17. The summed E-state index contributed by atoms with van der Waals surface area (Å²) in [5.74, 6) is 0. The third-order valence-corrected chi connectivity index (χ3v) is 1.92. The fourth-order valence-electron chi connectivity index (χ4n) is 1.17. The number of benzene rings is 1. The van der Waals surface area contributed by atoms with E-state index in [1.807, 2.05) is 6.07 Å². The molecule has 0 aromatic heterocycles. The van der Waals surface area contributed by atoms with E-state index in [4.69, 9.17) is 0 Å². The number of hydrogen-bond acceptors (Lipinski definition) is 0. The smallest absolute Gasteiger partial charge is 0.0235 e. The van der Waals surface area contributed by atoms with Crippen LogP contribution in [-0.2, 0) is 6.42 Å². The first-order valence-electron chi connectivity index (χ1n) is 4.24. The molecule has 0 aliphatic rings. The molecule has 0 bridgehead atoms. The number of aryl methyl sites for hydroxylation is 1. The normalized spacial score (nSPS) is 10.0. The number of unbranched alkanes of at least 4 members (excludes halogenated alkanes) is 1. The number of rotatable bonds is 3. The Hall–Kier alpha value is -0.780. The zero-order valence-corrected chi connectivity index (χ0v) is 7.14. The van der Waals surface area contributed by atoms with E-state index in [0.29, 0.717) is 0 Å². The van der Waals surface area contributed by atoms with Gasteiger partial charge < -0.3 is 0 Å². The van der Waals surface area contributed by atoms with Crippen molar-refractivity contribution < 1.29 is 0 Å². The highest BCUT2D eigenvalue weighted by atomic mass is 14.0. The molecule has 0 aliphatic heterocycles. The van der Waals surface area contributed by atoms with Crippen molar-refractivity contribution in [2.75, 3.05) is 0 Å². The third kappa shape index (κ3) is 2.38. The van der Waals surface area contributed by atoms with Gasteiger partial charge in [0, 0.05) is 0 Å². The lowest BCUT2D eigenvalue weighted by atomic mass is 10.0. The summed E-state index contributed by atoms with van der Waals surface area (Å²) in [6.45, 7) is 6.19. The lowest BCUT2D eigenvalue weighted by Crippen LogP contribution is -1.87. The van der Waals surface area contributed by atoms with Gasteiger partial charge in [-0.25, -0.2) is 0 Å². The summed E-state index contributed by atoms with van der Waals surface area (Å²) in [5.41, 5.74) is 2.58. The predicted molar refractivity (Wildman–Crippen MR) is 49.5 cm³/mol. The van der Waals surface area contributed by atoms with Crippen molar-refractivity contribution in [2.24, 2.45) is 0 Å². The summed E-state index contributed by atoms with van der Waals surface area (Å²) in [6.07, 6.45) is 3.71. The zero-order chi connectivity index (χ0) is 8.10. The summed E-state index contributed by atoms with van der Waals surface area (Å²) in [4.78, 5) is 0. The molecular weight excluding hydrogens is 132 g/mol. The molecule has 0 heteroatoms. The average Bonchev–Trinajstić information content (AvgIpc) is 2.03. The predicted octanol–water partition coefficient (Wildman–Crippen LogP) is 3.21. The Morgan fingerprint density at radius 1 is 1.27 bits per heavy atom. The van der Waals surface area contributed by atoms with Gasteiger partial charge in [-0.05, 0) is 30.9 Å². The van der Waals surface area contributed by atoms with Crippen LogP contribution in [0.4, 0.5) is 0 Å². The molecule has 59 valence electrons. The maximum absolute atomic E-state index is 3.97. The van der Waals surface area contributed by atoms with Crippen molar-refractivity contribution in [1.29, 1.82) is 0 Å². The molecule has 0 heterocycles. The average molecular weight is 147 g/mol. The second-order valence-corrected chi connectivity index (χ2v) is 2.87. The Bertz CT molecular complexity index is 213. The minimum absolute atomic E-state index is 1.18. The van der Waals surface area contributed by atoms with Crippen LogP contribution in [0, 0.1) is 6.92 Å². The molecule has 0 aliphatic carbocycles. The maximum Gasteiger partial charge on any atom is -0.0235 e. The lowest BCUT2D eigenvalue weighted by molar-refractivity contribution is 0.793. The van der Waals surface area contributed by atoms with E-state index in [9.17, 15) is 0 Å².